The lowest BCUT2D eigenvalue weighted by molar-refractivity contribution is -0.115. The van der Waals surface area contributed by atoms with E-state index in [2.05, 4.69) is 34.5 Å². The number of morpholine rings is 1. The van der Waals surface area contributed by atoms with Crippen LogP contribution < -0.4 is 10.1 Å². The zero-order valence-corrected chi connectivity index (χ0v) is 19.0. The van der Waals surface area contributed by atoms with Gasteiger partial charge in [-0.15, -0.1) is 0 Å². The van der Waals surface area contributed by atoms with E-state index in [-0.39, 0.29) is 5.91 Å². The van der Waals surface area contributed by atoms with E-state index in [1.807, 2.05) is 60.7 Å². The Hall–Kier alpha value is -3.41. The maximum absolute atomic E-state index is 13.2. The molecule has 1 heterocycles. The molecule has 1 aliphatic rings. The van der Waals surface area contributed by atoms with Crippen molar-refractivity contribution in [3.05, 3.63) is 101 Å². The van der Waals surface area contributed by atoms with E-state index < -0.39 is 0 Å². The van der Waals surface area contributed by atoms with E-state index in [4.69, 9.17) is 9.47 Å². The number of rotatable bonds is 8. The molecular weight excluding hydrogens is 412 g/mol. The lowest BCUT2D eigenvalue weighted by Gasteiger charge is -2.26. The van der Waals surface area contributed by atoms with Crippen molar-refractivity contribution in [2.75, 3.05) is 33.4 Å². The molecule has 0 aliphatic carbocycles. The van der Waals surface area contributed by atoms with Gasteiger partial charge in [-0.2, -0.15) is 0 Å². The second kappa shape index (κ2) is 11.5. The van der Waals surface area contributed by atoms with Gasteiger partial charge in [0.2, 0.25) is 0 Å². The number of ether oxygens (including phenoxy) is 2. The molecule has 1 saturated heterocycles. The van der Waals surface area contributed by atoms with E-state index >= 15 is 0 Å². The number of amides is 1. The summed E-state index contributed by atoms with van der Waals surface area (Å²) in [6.07, 6.45) is 1.91. The van der Waals surface area contributed by atoms with Crippen LogP contribution in [0.15, 0.2) is 78.9 Å². The highest BCUT2D eigenvalue weighted by atomic mass is 16.5. The van der Waals surface area contributed by atoms with Crippen LogP contribution in [-0.2, 0) is 22.6 Å². The first kappa shape index (κ1) is 22.8. The van der Waals surface area contributed by atoms with E-state index in [1.54, 1.807) is 7.11 Å². The fourth-order valence-electron chi connectivity index (χ4n) is 3.82. The molecule has 0 aromatic heterocycles. The topological polar surface area (TPSA) is 50.8 Å². The average molecular weight is 443 g/mol. The highest BCUT2D eigenvalue weighted by Gasteiger charge is 2.13. The van der Waals surface area contributed by atoms with Crippen molar-refractivity contribution in [3.63, 3.8) is 0 Å². The predicted molar refractivity (Wildman–Crippen MR) is 132 cm³/mol. The Bertz CT molecular complexity index is 1050. The van der Waals surface area contributed by atoms with Crippen molar-refractivity contribution >= 4 is 17.6 Å². The highest BCUT2D eigenvalue weighted by molar-refractivity contribution is 6.24. The van der Waals surface area contributed by atoms with Crippen molar-refractivity contribution in [2.24, 2.45) is 0 Å². The smallest absolute Gasteiger partial charge is 0.252 e. The molecule has 0 bridgehead atoms. The van der Waals surface area contributed by atoms with Crippen LogP contribution >= 0.6 is 0 Å². The summed E-state index contributed by atoms with van der Waals surface area (Å²) in [7, 11) is 1.64. The molecule has 3 aromatic rings. The summed E-state index contributed by atoms with van der Waals surface area (Å²) in [6.45, 7) is 4.96. The van der Waals surface area contributed by atoms with Gasteiger partial charge in [0.25, 0.3) is 5.91 Å². The molecule has 0 spiro atoms. The molecule has 3 aromatic carbocycles. The number of hydrogen-bond donors (Lipinski definition) is 1. The van der Waals surface area contributed by atoms with Gasteiger partial charge < -0.3 is 14.8 Å². The SMILES string of the molecule is COc1ccc(/C=C(/C(=O)NCc2ccc(CN3CCOCC3)cc2)c2ccccc2)cc1. The average Bonchev–Trinajstić information content (AvgIpc) is 2.88. The molecule has 5 nitrogen and oxygen atoms in total. The molecule has 170 valence electrons. The third-order valence-corrected chi connectivity index (χ3v) is 5.74. The number of methoxy groups -OCH3 is 1. The van der Waals surface area contributed by atoms with Crippen LogP contribution in [0.5, 0.6) is 5.75 Å². The largest absolute Gasteiger partial charge is 0.497 e. The number of nitrogens with one attached hydrogen (secondary N) is 1. The summed E-state index contributed by atoms with van der Waals surface area (Å²) in [4.78, 5) is 15.6. The summed E-state index contributed by atoms with van der Waals surface area (Å²) in [5.74, 6) is 0.685. The Kier molecular flexibility index (Phi) is 7.90. The molecule has 0 radical (unpaired) electrons. The minimum Gasteiger partial charge on any atom is -0.497 e. The Labute approximate surface area is 195 Å². The second-order valence-corrected chi connectivity index (χ2v) is 8.08. The minimum absolute atomic E-state index is 0.102. The number of benzene rings is 3. The maximum atomic E-state index is 13.2. The molecule has 1 aliphatic heterocycles. The van der Waals surface area contributed by atoms with Crippen LogP contribution in [0.2, 0.25) is 0 Å². The van der Waals surface area contributed by atoms with Crippen LogP contribution in [0.3, 0.4) is 0 Å². The summed E-state index contributed by atoms with van der Waals surface area (Å²) in [5, 5.41) is 3.08. The standard InChI is InChI=1S/C28H30N2O3/c1-32-26-13-11-22(12-14-26)19-27(25-5-3-2-4-6-25)28(31)29-20-23-7-9-24(10-8-23)21-30-15-17-33-18-16-30/h2-14,19H,15-18,20-21H2,1H3,(H,29,31)/b27-19+. The van der Waals surface area contributed by atoms with Crippen LogP contribution in [0.1, 0.15) is 22.3 Å². The van der Waals surface area contributed by atoms with E-state index in [0.717, 1.165) is 55.3 Å². The van der Waals surface area contributed by atoms with Crippen molar-refractivity contribution in [1.29, 1.82) is 0 Å². The fraction of sp³-hybridized carbons (Fsp3) is 0.250. The zero-order valence-electron chi connectivity index (χ0n) is 19.0. The molecule has 1 fully saturated rings. The van der Waals surface area contributed by atoms with Crippen LogP contribution in [-0.4, -0.2) is 44.2 Å². The molecule has 0 atom stereocenters. The van der Waals surface area contributed by atoms with Crippen molar-refractivity contribution in [3.8, 4) is 5.75 Å². The number of nitrogens with zero attached hydrogens (tertiary/aromatic N) is 1. The maximum Gasteiger partial charge on any atom is 0.252 e. The summed E-state index contributed by atoms with van der Waals surface area (Å²) in [5.41, 5.74) is 4.80. The monoisotopic (exact) mass is 442 g/mol. The van der Waals surface area contributed by atoms with Crippen molar-refractivity contribution in [2.45, 2.75) is 13.1 Å². The van der Waals surface area contributed by atoms with E-state index in [9.17, 15) is 4.79 Å². The van der Waals surface area contributed by atoms with Gasteiger partial charge >= 0.3 is 0 Å². The predicted octanol–water partition coefficient (Wildman–Crippen LogP) is 4.38. The molecule has 0 unspecified atom stereocenters. The summed E-state index contributed by atoms with van der Waals surface area (Å²) >= 11 is 0. The second-order valence-electron chi connectivity index (χ2n) is 8.08. The zero-order chi connectivity index (χ0) is 22.9. The summed E-state index contributed by atoms with van der Waals surface area (Å²) < 4.78 is 10.7. The first-order chi connectivity index (χ1) is 16.2. The van der Waals surface area contributed by atoms with Gasteiger partial charge in [0.05, 0.1) is 20.3 Å². The van der Waals surface area contributed by atoms with E-state index in [1.165, 1.54) is 5.56 Å². The van der Waals surface area contributed by atoms with Gasteiger partial charge in [0, 0.05) is 31.8 Å². The first-order valence-electron chi connectivity index (χ1n) is 11.3. The third-order valence-electron chi connectivity index (χ3n) is 5.74. The Morgan fingerprint density at radius 2 is 1.61 bits per heavy atom. The molecule has 0 saturated carbocycles. The molecule has 33 heavy (non-hydrogen) atoms. The summed E-state index contributed by atoms with van der Waals surface area (Å²) in [6, 6.07) is 25.9. The lowest BCUT2D eigenvalue weighted by Crippen LogP contribution is -2.35. The van der Waals surface area contributed by atoms with Gasteiger partial charge in [0.1, 0.15) is 5.75 Å². The number of carbonyl (C=O) groups excluding carboxylic acids is 1. The Morgan fingerprint density at radius 1 is 0.939 bits per heavy atom. The first-order valence-corrected chi connectivity index (χ1v) is 11.3. The van der Waals surface area contributed by atoms with Gasteiger partial charge in [-0.25, -0.2) is 0 Å². The number of hydrogen-bond acceptors (Lipinski definition) is 4. The van der Waals surface area contributed by atoms with Gasteiger partial charge in [-0.1, -0.05) is 66.7 Å². The van der Waals surface area contributed by atoms with Gasteiger partial charge in [-0.3, -0.25) is 9.69 Å². The quantitative estimate of drug-likeness (QED) is 0.415. The van der Waals surface area contributed by atoms with Crippen LogP contribution in [0.4, 0.5) is 0 Å². The van der Waals surface area contributed by atoms with Crippen LogP contribution in [0.25, 0.3) is 11.6 Å². The van der Waals surface area contributed by atoms with Crippen molar-refractivity contribution in [1.82, 2.24) is 10.2 Å². The lowest BCUT2D eigenvalue weighted by atomic mass is 10.0. The molecule has 1 N–H and O–H groups in total. The van der Waals surface area contributed by atoms with Crippen molar-refractivity contribution < 1.29 is 14.3 Å². The normalized spacial score (nSPS) is 14.6. The molecule has 1 amide bonds. The molecule has 5 heteroatoms. The Balaban J connectivity index is 1.42. The van der Waals surface area contributed by atoms with Gasteiger partial charge in [-0.05, 0) is 40.5 Å². The fourth-order valence-corrected chi connectivity index (χ4v) is 3.82. The molecule has 4 rings (SSSR count). The number of carbonyl (C=O) groups is 1. The third kappa shape index (κ3) is 6.54. The minimum atomic E-state index is -0.102. The van der Waals surface area contributed by atoms with Gasteiger partial charge in [0.15, 0.2) is 0 Å². The van der Waals surface area contributed by atoms with E-state index in [0.29, 0.717) is 12.1 Å². The van der Waals surface area contributed by atoms with Crippen LogP contribution in [0, 0.1) is 0 Å². The Morgan fingerprint density at radius 3 is 2.27 bits per heavy atom. The molecular formula is C28H30N2O3. The highest BCUT2D eigenvalue weighted by Crippen LogP contribution is 2.21.